The Morgan fingerprint density at radius 3 is 2.52 bits per heavy atom. The van der Waals surface area contributed by atoms with Crippen molar-refractivity contribution >= 4 is 11.8 Å². The molecule has 25 heavy (non-hydrogen) atoms. The Morgan fingerprint density at radius 1 is 1.28 bits per heavy atom. The summed E-state index contributed by atoms with van der Waals surface area (Å²) in [6.07, 6.45) is 0.912. The number of benzene rings is 1. The lowest BCUT2D eigenvalue weighted by atomic mass is 9.91. The largest absolute Gasteiger partial charge is 0.494 e. The molecule has 2 atom stereocenters. The first-order valence-electron chi connectivity index (χ1n) is 8.89. The summed E-state index contributed by atoms with van der Waals surface area (Å²) >= 11 is 0. The maximum absolute atomic E-state index is 11.4. The molecule has 1 aromatic carbocycles. The third-order valence-corrected chi connectivity index (χ3v) is 4.71. The number of hydrogen-bond acceptors (Lipinski definition) is 4. The van der Waals surface area contributed by atoms with Crippen LogP contribution < -0.4 is 15.8 Å². The molecule has 0 aromatic heterocycles. The molecule has 0 aliphatic carbocycles. The lowest BCUT2D eigenvalue weighted by molar-refractivity contribution is -0.119. The van der Waals surface area contributed by atoms with Crippen LogP contribution in [0, 0.1) is 11.8 Å². The van der Waals surface area contributed by atoms with E-state index in [0.29, 0.717) is 24.0 Å². The minimum atomic E-state index is -0.436. The van der Waals surface area contributed by atoms with Crippen LogP contribution in [0.5, 0.6) is 5.75 Å². The van der Waals surface area contributed by atoms with E-state index in [-0.39, 0.29) is 11.9 Å². The van der Waals surface area contributed by atoms with Gasteiger partial charge in [0.15, 0.2) is 0 Å². The second-order valence-electron chi connectivity index (χ2n) is 7.07. The molecule has 6 heteroatoms. The molecule has 1 fully saturated rings. The van der Waals surface area contributed by atoms with Gasteiger partial charge in [0.25, 0.3) is 0 Å². The van der Waals surface area contributed by atoms with Gasteiger partial charge in [0.1, 0.15) is 5.75 Å². The van der Waals surface area contributed by atoms with Gasteiger partial charge < -0.3 is 20.7 Å². The van der Waals surface area contributed by atoms with E-state index in [2.05, 4.69) is 24.1 Å². The summed E-state index contributed by atoms with van der Waals surface area (Å²) in [5.74, 6) is 1.38. The first-order valence-corrected chi connectivity index (χ1v) is 8.89. The van der Waals surface area contributed by atoms with Gasteiger partial charge in [0.05, 0.1) is 6.61 Å². The van der Waals surface area contributed by atoms with Crippen molar-refractivity contribution in [3.63, 3.8) is 0 Å². The van der Waals surface area contributed by atoms with Gasteiger partial charge in [-0.15, -0.1) is 0 Å². The molecule has 3 N–H and O–H groups in total. The van der Waals surface area contributed by atoms with Crippen LogP contribution in [-0.4, -0.2) is 49.0 Å². The number of carbonyl (C=O) groups excluding carboxylic acids is 2. The van der Waals surface area contributed by atoms with Crippen molar-refractivity contribution in [3.8, 4) is 5.75 Å². The quantitative estimate of drug-likeness (QED) is 0.700. The Morgan fingerprint density at radius 2 is 1.96 bits per heavy atom. The summed E-state index contributed by atoms with van der Waals surface area (Å²) in [7, 11) is 0. The van der Waals surface area contributed by atoms with Crippen LogP contribution in [0.1, 0.15) is 37.6 Å². The number of amides is 2. The third kappa shape index (κ3) is 5.74. The predicted octanol–water partition coefficient (Wildman–Crippen LogP) is 1.65. The van der Waals surface area contributed by atoms with Gasteiger partial charge in [-0.3, -0.25) is 9.59 Å². The van der Waals surface area contributed by atoms with Crippen molar-refractivity contribution in [1.82, 2.24) is 10.2 Å². The third-order valence-electron chi connectivity index (χ3n) is 4.71. The summed E-state index contributed by atoms with van der Waals surface area (Å²) in [6.45, 7) is 9.47. The lowest BCUT2D eigenvalue weighted by Crippen LogP contribution is -2.40. The highest BCUT2D eigenvalue weighted by molar-refractivity contribution is 5.92. The van der Waals surface area contributed by atoms with E-state index in [4.69, 9.17) is 10.5 Å². The normalized spacial score (nSPS) is 20.6. The van der Waals surface area contributed by atoms with Crippen molar-refractivity contribution in [1.29, 1.82) is 0 Å². The van der Waals surface area contributed by atoms with Crippen molar-refractivity contribution in [2.24, 2.45) is 17.6 Å². The molecule has 138 valence electrons. The molecular formula is C19H29N3O3. The number of hydrogen-bond donors (Lipinski definition) is 2. The van der Waals surface area contributed by atoms with Crippen molar-refractivity contribution in [3.05, 3.63) is 29.8 Å². The van der Waals surface area contributed by atoms with Crippen LogP contribution in [0.15, 0.2) is 24.3 Å². The molecule has 1 saturated heterocycles. The first-order chi connectivity index (χ1) is 11.9. The molecule has 6 nitrogen and oxygen atoms in total. The molecule has 0 spiro atoms. The van der Waals surface area contributed by atoms with Crippen molar-refractivity contribution in [2.75, 3.05) is 26.2 Å². The zero-order chi connectivity index (χ0) is 18.4. The maximum atomic E-state index is 11.4. The van der Waals surface area contributed by atoms with E-state index in [1.807, 2.05) is 0 Å². The highest BCUT2D eigenvalue weighted by Crippen LogP contribution is 2.24. The monoisotopic (exact) mass is 347 g/mol. The fourth-order valence-electron chi connectivity index (χ4n) is 3.38. The summed E-state index contributed by atoms with van der Waals surface area (Å²) in [5, 5.41) is 3.08. The number of likely N-dealkylation sites (tertiary alicyclic amines) is 1. The van der Waals surface area contributed by atoms with Crippen LogP contribution in [0.3, 0.4) is 0 Å². The van der Waals surface area contributed by atoms with Crippen LogP contribution in [0.4, 0.5) is 0 Å². The van der Waals surface area contributed by atoms with E-state index in [1.54, 1.807) is 31.2 Å². The van der Waals surface area contributed by atoms with Crippen LogP contribution in [0.25, 0.3) is 0 Å². The molecule has 0 saturated carbocycles. The van der Waals surface area contributed by atoms with E-state index < -0.39 is 5.91 Å². The SMILES string of the molecule is CC(=O)N[C@@H]1CN(CCCOc2ccc(C(N)=O)cc2)C[C@H]1C(C)C. The fourth-order valence-corrected chi connectivity index (χ4v) is 3.38. The Balaban J connectivity index is 1.74. The topological polar surface area (TPSA) is 84.7 Å². The highest BCUT2D eigenvalue weighted by atomic mass is 16.5. The van der Waals surface area contributed by atoms with Gasteiger partial charge >= 0.3 is 0 Å². The van der Waals surface area contributed by atoms with E-state index >= 15 is 0 Å². The maximum Gasteiger partial charge on any atom is 0.248 e. The molecule has 1 heterocycles. The van der Waals surface area contributed by atoms with Crippen LogP contribution in [0.2, 0.25) is 0 Å². The summed E-state index contributed by atoms with van der Waals surface area (Å²) in [6, 6.07) is 7.10. The highest BCUT2D eigenvalue weighted by Gasteiger charge is 2.34. The van der Waals surface area contributed by atoms with Gasteiger partial charge in [-0.05, 0) is 42.5 Å². The van der Waals surface area contributed by atoms with Gasteiger partial charge in [-0.2, -0.15) is 0 Å². The molecule has 2 rings (SSSR count). The molecular weight excluding hydrogens is 318 g/mol. The Labute approximate surface area is 149 Å². The zero-order valence-corrected chi connectivity index (χ0v) is 15.3. The Hall–Kier alpha value is -2.08. The molecule has 0 radical (unpaired) electrons. The lowest BCUT2D eigenvalue weighted by Gasteiger charge is -2.22. The van der Waals surface area contributed by atoms with Crippen molar-refractivity contribution in [2.45, 2.75) is 33.2 Å². The van der Waals surface area contributed by atoms with Crippen molar-refractivity contribution < 1.29 is 14.3 Å². The number of nitrogens with two attached hydrogens (primary N) is 1. The van der Waals surface area contributed by atoms with Gasteiger partial charge in [0.2, 0.25) is 11.8 Å². The average molecular weight is 347 g/mol. The standard InChI is InChI=1S/C19H29N3O3/c1-13(2)17-11-22(12-18(17)21-14(3)23)9-4-10-25-16-7-5-15(6-8-16)19(20)24/h5-8,13,17-18H,4,9-12H2,1-3H3,(H2,20,24)(H,21,23)/t17-,18+/m0/s1. The van der Waals surface area contributed by atoms with Gasteiger partial charge in [-0.1, -0.05) is 13.8 Å². The number of carbonyl (C=O) groups is 2. The van der Waals surface area contributed by atoms with Gasteiger partial charge in [0, 0.05) is 38.2 Å². The number of nitrogens with one attached hydrogen (secondary N) is 1. The first kappa shape index (κ1) is 19.2. The minimum Gasteiger partial charge on any atom is -0.494 e. The molecule has 1 aromatic rings. The fraction of sp³-hybridized carbons (Fsp3) is 0.579. The van der Waals surface area contributed by atoms with E-state index in [1.165, 1.54) is 0 Å². The Kier molecular flexibility index (Phi) is 6.82. The smallest absolute Gasteiger partial charge is 0.248 e. The zero-order valence-electron chi connectivity index (χ0n) is 15.3. The van der Waals surface area contributed by atoms with Crippen LogP contribution >= 0.6 is 0 Å². The number of ether oxygens (including phenoxy) is 1. The van der Waals surface area contributed by atoms with Gasteiger partial charge in [-0.25, -0.2) is 0 Å². The molecule has 0 bridgehead atoms. The summed E-state index contributed by atoms with van der Waals surface area (Å²) in [4.78, 5) is 24.8. The number of nitrogens with zero attached hydrogens (tertiary/aromatic N) is 1. The second-order valence-corrected chi connectivity index (χ2v) is 7.07. The van der Waals surface area contributed by atoms with E-state index in [9.17, 15) is 9.59 Å². The predicted molar refractivity (Wildman–Crippen MR) is 97.4 cm³/mol. The van der Waals surface area contributed by atoms with E-state index in [0.717, 1.165) is 31.8 Å². The molecule has 1 aliphatic heterocycles. The Bertz CT molecular complexity index is 586. The molecule has 0 unspecified atom stereocenters. The van der Waals surface area contributed by atoms with Crippen LogP contribution in [-0.2, 0) is 4.79 Å². The summed E-state index contributed by atoms with van der Waals surface area (Å²) < 4.78 is 5.72. The number of rotatable bonds is 8. The average Bonchev–Trinajstić information content (AvgIpc) is 2.94. The second kappa shape index (κ2) is 8.85. The minimum absolute atomic E-state index is 0.0419. The summed E-state index contributed by atoms with van der Waals surface area (Å²) in [5.41, 5.74) is 5.70. The molecule has 1 aliphatic rings. The molecule has 2 amide bonds. The number of primary amides is 1.